The number of amides is 2. The molecule has 1 aliphatic rings. The van der Waals surface area contributed by atoms with E-state index in [0.717, 1.165) is 5.56 Å². The number of ether oxygens (including phenoxy) is 1. The van der Waals surface area contributed by atoms with Crippen LogP contribution in [0.1, 0.15) is 32.6 Å². The Balaban J connectivity index is 1.41. The molecule has 1 aromatic heterocycles. The molecule has 0 bridgehead atoms. The zero-order valence-electron chi connectivity index (χ0n) is 15.2. The molecule has 0 spiro atoms. The standard InChI is InChI=1S/C22H20N2O4/c25-21(19-7-4-13-27-19)23-18-10-8-17(9-11-18)22(26)24-12-14-28-20(15-24)16-5-2-1-3-6-16/h1-11,13,20H,12,14-15H2,(H,23,25)/t20-/m1/s1. The van der Waals surface area contributed by atoms with E-state index in [9.17, 15) is 9.59 Å². The SMILES string of the molecule is O=C(Nc1ccc(C(=O)N2CCO[C@@H](c3ccccc3)C2)cc1)c1ccco1. The highest BCUT2D eigenvalue weighted by atomic mass is 16.5. The number of rotatable bonds is 4. The molecule has 0 radical (unpaired) electrons. The predicted octanol–water partition coefficient (Wildman–Crippen LogP) is 3.75. The Morgan fingerprint density at radius 2 is 1.75 bits per heavy atom. The van der Waals surface area contributed by atoms with Gasteiger partial charge in [0.1, 0.15) is 6.10 Å². The molecule has 0 unspecified atom stereocenters. The minimum Gasteiger partial charge on any atom is -0.459 e. The van der Waals surface area contributed by atoms with E-state index in [4.69, 9.17) is 9.15 Å². The topological polar surface area (TPSA) is 71.8 Å². The average molecular weight is 376 g/mol. The third kappa shape index (κ3) is 3.97. The van der Waals surface area contributed by atoms with Crippen molar-refractivity contribution in [3.63, 3.8) is 0 Å². The van der Waals surface area contributed by atoms with Crippen molar-refractivity contribution in [3.8, 4) is 0 Å². The van der Waals surface area contributed by atoms with Crippen LogP contribution >= 0.6 is 0 Å². The number of benzene rings is 2. The number of nitrogens with zero attached hydrogens (tertiary/aromatic N) is 1. The van der Waals surface area contributed by atoms with E-state index >= 15 is 0 Å². The highest BCUT2D eigenvalue weighted by Crippen LogP contribution is 2.23. The lowest BCUT2D eigenvalue weighted by Gasteiger charge is -2.33. The quantitative estimate of drug-likeness (QED) is 0.753. The van der Waals surface area contributed by atoms with Gasteiger partial charge in [0.2, 0.25) is 0 Å². The first-order valence-electron chi connectivity index (χ1n) is 9.11. The largest absolute Gasteiger partial charge is 0.459 e. The van der Waals surface area contributed by atoms with Crippen LogP contribution in [0.5, 0.6) is 0 Å². The van der Waals surface area contributed by atoms with Crippen LogP contribution < -0.4 is 5.32 Å². The Kier molecular flexibility index (Phi) is 5.21. The van der Waals surface area contributed by atoms with Crippen LogP contribution in [0.3, 0.4) is 0 Å². The zero-order chi connectivity index (χ0) is 19.3. The molecule has 0 aliphatic carbocycles. The monoisotopic (exact) mass is 376 g/mol. The third-order valence-corrected chi connectivity index (χ3v) is 4.66. The second kappa shape index (κ2) is 8.10. The van der Waals surface area contributed by atoms with Crippen molar-refractivity contribution < 1.29 is 18.7 Å². The van der Waals surface area contributed by atoms with E-state index in [1.54, 1.807) is 41.3 Å². The lowest BCUT2D eigenvalue weighted by Crippen LogP contribution is -2.42. The zero-order valence-corrected chi connectivity index (χ0v) is 15.2. The van der Waals surface area contributed by atoms with E-state index in [1.807, 2.05) is 30.3 Å². The van der Waals surface area contributed by atoms with Gasteiger partial charge in [0.05, 0.1) is 19.4 Å². The number of furan rings is 1. The van der Waals surface area contributed by atoms with Gasteiger partial charge in [-0.05, 0) is 42.0 Å². The number of hydrogen-bond acceptors (Lipinski definition) is 4. The van der Waals surface area contributed by atoms with Crippen molar-refractivity contribution in [2.24, 2.45) is 0 Å². The molecule has 1 N–H and O–H groups in total. The molecule has 1 saturated heterocycles. The molecular weight excluding hydrogens is 356 g/mol. The number of anilines is 1. The highest BCUT2D eigenvalue weighted by molar-refractivity contribution is 6.02. The van der Waals surface area contributed by atoms with E-state index in [-0.39, 0.29) is 23.7 Å². The van der Waals surface area contributed by atoms with Crippen molar-refractivity contribution in [2.45, 2.75) is 6.10 Å². The minimum absolute atomic E-state index is 0.0480. The second-order valence-electron chi connectivity index (χ2n) is 6.53. The summed E-state index contributed by atoms with van der Waals surface area (Å²) in [6, 6.07) is 20.0. The highest BCUT2D eigenvalue weighted by Gasteiger charge is 2.26. The molecule has 0 saturated carbocycles. The van der Waals surface area contributed by atoms with Crippen molar-refractivity contribution in [2.75, 3.05) is 25.0 Å². The Morgan fingerprint density at radius 3 is 2.46 bits per heavy atom. The molecule has 6 nitrogen and oxygen atoms in total. The second-order valence-corrected chi connectivity index (χ2v) is 6.53. The van der Waals surface area contributed by atoms with Crippen LogP contribution in [0.25, 0.3) is 0 Å². The van der Waals surface area contributed by atoms with Gasteiger partial charge in [-0.1, -0.05) is 30.3 Å². The van der Waals surface area contributed by atoms with Crippen LogP contribution in [-0.4, -0.2) is 36.4 Å². The molecule has 142 valence electrons. The van der Waals surface area contributed by atoms with Gasteiger partial charge < -0.3 is 19.4 Å². The van der Waals surface area contributed by atoms with Crippen LogP contribution in [0, 0.1) is 0 Å². The summed E-state index contributed by atoms with van der Waals surface area (Å²) in [5, 5.41) is 2.74. The van der Waals surface area contributed by atoms with E-state index in [0.29, 0.717) is 30.9 Å². The normalized spacial score (nSPS) is 16.6. The first kappa shape index (κ1) is 18.0. The van der Waals surface area contributed by atoms with Crippen LogP contribution in [0.15, 0.2) is 77.4 Å². The summed E-state index contributed by atoms with van der Waals surface area (Å²) in [5.41, 5.74) is 2.24. The Labute approximate surface area is 162 Å². The van der Waals surface area contributed by atoms with Crippen LogP contribution in [0.2, 0.25) is 0 Å². The number of carbonyl (C=O) groups excluding carboxylic acids is 2. The van der Waals surface area contributed by atoms with Crippen molar-refractivity contribution >= 4 is 17.5 Å². The molecule has 6 heteroatoms. The predicted molar refractivity (Wildman–Crippen MR) is 104 cm³/mol. The molecule has 1 aliphatic heterocycles. The summed E-state index contributed by atoms with van der Waals surface area (Å²) in [4.78, 5) is 26.7. The number of carbonyl (C=O) groups is 2. The lowest BCUT2D eigenvalue weighted by atomic mass is 10.1. The van der Waals surface area contributed by atoms with Crippen molar-refractivity contribution in [3.05, 3.63) is 89.9 Å². The van der Waals surface area contributed by atoms with Gasteiger partial charge in [-0.2, -0.15) is 0 Å². The third-order valence-electron chi connectivity index (χ3n) is 4.66. The van der Waals surface area contributed by atoms with Gasteiger partial charge in [0.25, 0.3) is 11.8 Å². The van der Waals surface area contributed by atoms with Crippen molar-refractivity contribution in [1.82, 2.24) is 4.90 Å². The van der Waals surface area contributed by atoms with Gasteiger partial charge in [-0.15, -0.1) is 0 Å². The fourth-order valence-corrected chi connectivity index (χ4v) is 3.18. The summed E-state index contributed by atoms with van der Waals surface area (Å²) in [6.45, 7) is 1.57. The molecule has 28 heavy (non-hydrogen) atoms. The summed E-state index contributed by atoms with van der Waals surface area (Å²) in [5.74, 6) is -0.142. The molecule has 1 atom stereocenters. The van der Waals surface area contributed by atoms with E-state index in [2.05, 4.69) is 5.32 Å². The van der Waals surface area contributed by atoms with Gasteiger partial charge in [0.15, 0.2) is 5.76 Å². The Bertz CT molecular complexity index is 936. The van der Waals surface area contributed by atoms with Gasteiger partial charge in [-0.25, -0.2) is 0 Å². The first-order valence-corrected chi connectivity index (χ1v) is 9.11. The molecule has 4 rings (SSSR count). The van der Waals surface area contributed by atoms with Gasteiger partial charge >= 0.3 is 0 Å². The fourth-order valence-electron chi connectivity index (χ4n) is 3.18. The Morgan fingerprint density at radius 1 is 0.964 bits per heavy atom. The number of nitrogens with one attached hydrogen (secondary N) is 1. The van der Waals surface area contributed by atoms with Gasteiger partial charge in [-0.3, -0.25) is 9.59 Å². The molecule has 2 amide bonds. The van der Waals surface area contributed by atoms with Crippen molar-refractivity contribution in [1.29, 1.82) is 0 Å². The molecule has 2 heterocycles. The maximum absolute atomic E-state index is 12.9. The maximum Gasteiger partial charge on any atom is 0.291 e. The summed E-state index contributed by atoms with van der Waals surface area (Å²) < 4.78 is 10.9. The summed E-state index contributed by atoms with van der Waals surface area (Å²) >= 11 is 0. The lowest BCUT2D eigenvalue weighted by molar-refractivity contribution is -0.0228. The Hall–Kier alpha value is -3.38. The van der Waals surface area contributed by atoms with Crippen LogP contribution in [0.4, 0.5) is 5.69 Å². The number of morpholine rings is 1. The van der Waals surface area contributed by atoms with E-state index < -0.39 is 0 Å². The first-order chi connectivity index (χ1) is 13.7. The fraction of sp³-hybridized carbons (Fsp3) is 0.182. The molecule has 1 fully saturated rings. The maximum atomic E-state index is 12.9. The molecular formula is C22H20N2O4. The molecule has 3 aromatic rings. The summed E-state index contributed by atoms with van der Waals surface area (Å²) in [7, 11) is 0. The van der Waals surface area contributed by atoms with Crippen LogP contribution in [-0.2, 0) is 4.74 Å². The van der Waals surface area contributed by atoms with Gasteiger partial charge in [0, 0.05) is 17.8 Å². The van der Waals surface area contributed by atoms with E-state index in [1.165, 1.54) is 6.26 Å². The average Bonchev–Trinajstić information content (AvgIpc) is 3.30. The summed E-state index contributed by atoms with van der Waals surface area (Å²) in [6.07, 6.45) is 1.33. The number of hydrogen-bond donors (Lipinski definition) is 1. The smallest absolute Gasteiger partial charge is 0.291 e. The minimum atomic E-state index is -0.331. The molecule has 2 aromatic carbocycles.